The van der Waals surface area contributed by atoms with Gasteiger partial charge in [-0.15, -0.1) is 0 Å². The third-order valence-corrected chi connectivity index (χ3v) is 7.52. The van der Waals surface area contributed by atoms with E-state index >= 15 is 0 Å². The number of aromatic nitrogens is 4. The molecule has 0 radical (unpaired) electrons. The summed E-state index contributed by atoms with van der Waals surface area (Å²) < 4.78 is 28.4. The van der Waals surface area contributed by atoms with Gasteiger partial charge in [-0.05, 0) is 30.0 Å². The lowest BCUT2D eigenvalue weighted by molar-refractivity contribution is -0.245. The molecular formula is C16H13Cl2N5O7PS-. The van der Waals surface area contributed by atoms with Crippen molar-refractivity contribution in [2.75, 3.05) is 12.3 Å². The number of halogens is 2. The number of aromatic amines is 1. The van der Waals surface area contributed by atoms with Crippen molar-refractivity contribution in [3.8, 4) is 0 Å². The number of ether oxygens (including phenoxy) is 1. The fourth-order valence-corrected chi connectivity index (χ4v) is 5.87. The molecule has 12 nitrogen and oxygen atoms in total. The minimum atomic E-state index is -4.58. The minimum absolute atomic E-state index is 0.0211. The Balaban J connectivity index is 1.63. The SMILES string of the molecule is Nc1nc2c(nc(Sc3ccc(Cl)cc3Cl)n2[C@@H]2OC3COP(=O)([O-])O[C@H]3C2O)c(=O)[nH]1. The Labute approximate surface area is 193 Å². The highest BCUT2D eigenvalue weighted by atomic mass is 35.5. The Hall–Kier alpha value is -1.67. The smallest absolute Gasteiger partial charge is 0.280 e. The molecule has 5 atom stereocenters. The number of hydrogen-bond donors (Lipinski definition) is 3. The van der Waals surface area contributed by atoms with Gasteiger partial charge in [0.25, 0.3) is 13.4 Å². The van der Waals surface area contributed by atoms with E-state index in [9.17, 15) is 19.4 Å². The number of nitrogens with zero attached hydrogens (tertiary/aromatic N) is 3. The van der Waals surface area contributed by atoms with Crippen LogP contribution in [0, 0.1) is 0 Å². The number of benzene rings is 1. The summed E-state index contributed by atoms with van der Waals surface area (Å²) in [6, 6.07) is 4.81. The quantitative estimate of drug-likeness (QED) is 0.423. The van der Waals surface area contributed by atoms with Crippen molar-refractivity contribution in [3.05, 3.63) is 38.6 Å². The molecule has 2 aliphatic rings. The minimum Gasteiger partial charge on any atom is -0.756 e. The standard InChI is InChI=1S/C16H14Cl2N5O7PS/c17-5-1-2-8(6(18)3-5)32-16-20-9-12(21-15(19)22-13(9)25)23(16)14-10(24)11-7(29-14)4-28-31(26,27)30-11/h1-3,7,10-11,14,24H,4H2,(H,26,27)(H3,19,21,22,25)/p-1/t7?,10?,11-,14-/m1/s1. The van der Waals surface area contributed by atoms with Crippen LogP contribution in [0.5, 0.6) is 0 Å². The van der Waals surface area contributed by atoms with Crippen LogP contribution in [-0.2, 0) is 18.3 Å². The fraction of sp³-hybridized carbons (Fsp3) is 0.312. The number of phosphoric acid groups is 1. The van der Waals surface area contributed by atoms with E-state index in [4.69, 9.17) is 38.2 Å². The number of aliphatic hydroxyl groups is 1. The average Bonchev–Trinajstić information content (AvgIpc) is 3.21. The van der Waals surface area contributed by atoms with Crippen LogP contribution < -0.4 is 16.2 Å². The zero-order valence-corrected chi connectivity index (χ0v) is 18.9. The predicted molar refractivity (Wildman–Crippen MR) is 111 cm³/mol. The second-order valence-electron chi connectivity index (χ2n) is 6.93. The molecule has 1 aromatic carbocycles. The summed E-state index contributed by atoms with van der Waals surface area (Å²) in [6.07, 6.45) is -4.77. The van der Waals surface area contributed by atoms with E-state index in [0.29, 0.717) is 14.9 Å². The van der Waals surface area contributed by atoms with Crippen molar-refractivity contribution in [3.63, 3.8) is 0 Å². The van der Waals surface area contributed by atoms with Gasteiger partial charge in [-0.3, -0.25) is 18.9 Å². The molecule has 0 aliphatic carbocycles. The Morgan fingerprint density at radius 1 is 1.38 bits per heavy atom. The van der Waals surface area contributed by atoms with Gasteiger partial charge >= 0.3 is 0 Å². The summed E-state index contributed by atoms with van der Waals surface area (Å²) >= 11 is 13.3. The van der Waals surface area contributed by atoms with Crippen molar-refractivity contribution >= 4 is 59.9 Å². The van der Waals surface area contributed by atoms with Crippen LogP contribution in [-0.4, -0.2) is 49.5 Å². The number of rotatable bonds is 3. The Morgan fingerprint density at radius 3 is 2.91 bits per heavy atom. The first-order valence-electron chi connectivity index (χ1n) is 9.01. The lowest BCUT2D eigenvalue weighted by atomic mass is 10.1. The van der Waals surface area contributed by atoms with Gasteiger partial charge in [0.05, 0.1) is 11.6 Å². The number of anilines is 1. The van der Waals surface area contributed by atoms with E-state index in [0.717, 1.165) is 11.8 Å². The first kappa shape index (κ1) is 22.1. The van der Waals surface area contributed by atoms with Gasteiger partial charge in [0.15, 0.2) is 22.5 Å². The third kappa shape index (κ3) is 3.83. The molecule has 3 aromatic rings. The van der Waals surface area contributed by atoms with E-state index in [1.54, 1.807) is 12.1 Å². The molecule has 2 saturated heterocycles. The lowest BCUT2D eigenvalue weighted by Gasteiger charge is -2.34. The number of phosphoric ester groups is 1. The molecule has 2 fully saturated rings. The molecular weight excluding hydrogens is 508 g/mol. The Kier molecular flexibility index (Phi) is 5.52. The zero-order valence-electron chi connectivity index (χ0n) is 15.7. The maximum absolute atomic E-state index is 12.4. The van der Waals surface area contributed by atoms with Gasteiger partial charge in [-0.1, -0.05) is 23.2 Å². The van der Waals surface area contributed by atoms with Crippen LogP contribution >= 0.6 is 42.8 Å². The molecule has 0 bridgehead atoms. The van der Waals surface area contributed by atoms with Crippen LogP contribution in [0.15, 0.2) is 33.0 Å². The van der Waals surface area contributed by atoms with Crippen molar-refractivity contribution in [1.82, 2.24) is 19.5 Å². The van der Waals surface area contributed by atoms with Crippen molar-refractivity contribution in [2.45, 2.75) is 34.6 Å². The summed E-state index contributed by atoms with van der Waals surface area (Å²) in [5.41, 5.74) is 5.05. The summed E-state index contributed by atoms with van der Waals surface area (Å²) in [5, 5.41) is 11.8. The van der Waals surface area contributed by atoms with Crippen LogP contribution in [0.25, 0.3) is 11.2 Å². The third-order valence-electron chi connectivity index (χ3n) is 4.84. The molecule has 32 heavy (non-hydrogen) atoms. The largest absolute Gasteiger partial charge is 0.756 e. The van der Waals surface area contributed by atoms with E-state index in [2.05, 4.69) is 19.5 Å². The maximum atomic E-state index is 12.4. The second kappa shape index (κ2) is 7.97. The summed E-state index contributed by atoms with van der Waals surface area (Å²) in [7, 11) is -4.58. The van der Waals surface area contributed by atoms with Gasteiger partial charge < -0.3 is 29.5 Å². The van der Waals surface area contributed by atoms with E-state index in [1.807, 2.05) is 0 Å². The van der Waals surface area contributed by atoms with Crippen molar-refractivity contribution in [2.24, 2.45) is 0 Å². The molecule has 170 valence electrons. The number of imidazole rings is 1. The number of H-pyrrole nitrogens is 1. The van der Waals surface area contributed by atoms with E-state index < -0.39 is 37.9 Å². The highest BCUT2D eigenvalue weighted by Gasteiger charge is 2.51. The second-order valence-corrected chi connectivity index (χ2v) is 10.1. The van der Waals surface area contributed by atoms with Gasteiger partial charge in [-0.25, -0.2) is 4.98 Å². The summed E-state index contributed by atoms with van der Waals surface area (Å²) in [5.74, 6) is -0.182. The summed E-state index contributed by atoms with van der Waals surface area (Å²) in [6.45, 7) is -0.340. The monoisotopic (exact) mass is 520 g/mol. The normalized spacial score (nSPS) is 30.0. The first-order valence-corrected chi connectivity index (χ1v) is 12.0. The van der Waals surface area contributed by atoms with Crippen LogP contribution in [0.3, 0.4) is 0 Å². The predicted octanol–water partition coefficient (Wildman–Crippen LogP) is 1.30. The Bertz CT molecular complexity index is 1340. The molecule has 16 heteroatoms. The number of hydrogen-bond acceptors (Lipinski definition) is 11. The molecule has 0 amide bonds. The van der Waals surface area contributed by atoms with E-state index in [1.165, 1.54) is 10.6 Å². The number of nitrogens with one attached hydrogen (secondary N) is 1. The highest BCUT2D eigenvalue weighted by Crippen LogP contribution is 2.50. The van der Waals surface area contributed by atoms with Gasteiger partial charge in [-0.2, -0.15) is 4.98 Å². The van der Waals surface area contributed by atoms with Gasteiger partial charge in [0.2, 0.25) is 5.95 Å². The molecule has 5 rings (SSSR count). The molecule has 2 aromatic heterocycles. The topological polar surface area (TPSA) is 178 Å². The van der Waals surface area contributed by atoms with Gasteiger partial charge in [0, 0.05) is 9.92 Å². The number of fused-ring (bicyclic) bond motifs is 2. The number of nitrogens with two attached hydrogens (primary N) is 1. The number of nitrogen functional groups attached to an aromatic ring is 1. The molecule has 3 unspecified atom stereocenters. The Morgan fingerprint density at radius 2 is 2.16 bits per heavy atom. The summed E-state index contributed by atoms with van der Waals surface area (Å²) in [4.78, 5) is 35.5. The van der Waals surface area contributed by atoms with Crippen molar-refractivity contribution < 1.29 is 28.3 Å². The fourth-order valence-electron chi connectivity index (χ4n) is 3.48. The van der Waals surface area contributed by atoms with Crippen LogP contribution in [0.1, 0.15) is 6.23 Å². The molecule has 2 aliphatic heterocycles. The number of aliphatic hydroxyl groups excluding tert-OH is 1. The first-order chi connectivity index (χ1) is 15.1. The molecule has 4 heterocycles. The van der Waals surface area contributed by atoms with Gasteiger partial charge in [0.1, 0.15) is 18.3 Å². The molecule has 0 spiro atoms. The van der Waals surface area contributed by atoms with E-state index in [-0.39, 0.29) is 28.9 Å². The van der Waals surface area contributed by atoms with Crippen molar-refractivity contribution in [1.29, 1.82) is 0 Å². The molecule has 4 N–H and O–H groups in total. The van der Waals surface area contributed by atoms with Crippen LogP contribution in [0.4, 0.5) is 5.95 Å². The van der Waals surface area contributed by atoms with Crippen LogP contribution in [0.2, 0.25) is 10.0 Å². The average molecular weight is 521 g/mol. The molecule has 0 saturated carbocycles. The maximum Gasteiger partial charge on any atom is 0.280 e. The lowest BCUT2D eigenvalue weighted by Crippen LogP contribution is -2.41. The zero-order chi connectivity index (χ0) is 22.8. The highest BCUT2D eigenvalue weighted by molar-refractivity contribution is 7.99.